The van der Waals surface area contributed by atoms with Gasteiger partial charge in [-0.2, -0.15) is 0 Å². The fraction of sp³-hybridized carbons (Fsp3) is 0.429. The first-order valence-corrected chi connectivity index (χ1v) is 6.06. The van der Waals surface area contributed by atoms with Crippen LogP contribution in [0.1, 0.15) is 26.3 Å². The van der Waals surface area contributed by atoms with E-state index in [0.717, 1.165) is 5.56 Å². The molecule has 0 heterocycles. The maximum atomic E-state index is 11.7. The minimum Gasteiger partial charge on any atom is -0.495 e. The summed E-state index contributed by atoms with van der Waals surface area (Å²) in [7, 11) is 1.50. The van der Waals surface area contributed by atoms with E-state index in [1.54, 1.807) is 39.0 Å². The third-order valence-corrected chi connectivity index (χ3v) is 2.23. The summed E-state index contributed by atoms with van der Waals surface area (Å²) in [6, 6.07) is 5.10. The number of methoxy groups -OCH3 is 1. The van der Waals surface area contributed by atoms with Crippen molar-refractivity contribution in [1.29, 1.82) is 0 Å². The lowest BCUT2D eigenvalue weighted by molar-refractivity contribution is 0.0635. The van der Waals surface area contributed by atoms with E-state index >= 15 is 0 Å². The van der Waals surface area contributed by atoms with Crippen LogP contribution in [0.2, 0.25) is 0 Å². The fourth-order valence-electron chi connectivity index (χ4n) is 1.49. The molecule has 1 aromatic carbocycles. The van der Waals surface area contributed by atoms with E-state index in [1.165, 1.54) is 13.2 Å². The number of isocyanates is 1. The van der Waals surface area contributed by atoms with Crippen LogP contribution in [0, 0.1) is 0 Å². The summed E-state index contributed by atoms with van der Waals surface area (Å²) in [5, 5.41) is 2.61. The molecule has 0 saturated heterocycles. The van der Waals surface area contributed by atoms with E-state index in [-0.39, 0.29) is 6.54 Å². The van der Waals surface area contributed by atoms with Gasteiger partial charge in [-0.15, -0.1) is 0 Å². The molecular formula is C14H18N2O4. The number of carbonyl (C=O) groups is 1. The number of benzene rings is 1. The smallest absolute Gasteiger partial charge is 0.412 e. The summed E-state index contributed by atoms with van der Waals surface area (Å²) in [6.07, 6.45) is 0.891. The third-order valence-electron chi connectivity index (χ3n) is 2.23. The van der Waals surface area contributed by atoms with Gasteiger partial charge in [-0.25, -0.2) is 14.6 Å². The highest BCUT2D eigenvalue weighted by atomic mass is 16.6. The minimum absolute atomic E-state index is 0.191. The Morgan fingerprint density at radius 1 is 1.40 bits per heavy atom. The highest BCUT2D eigenvalue weighted by Gasteiger charge is 2.17. The normalized spacial score (nSPS) is 10.4. The van der Waals surface area contributed by atoms with E-state index < -0.39 is 11.7 Å². The van der Waals surface area contributed by atoms with Crippen molar-refractivity contribution in [2.75, 3.05) is 12.4 Å². The molecule has 0 unspecified atom stereocenters. The Balaban J connectivity index is 2.90. The molecule has 0 aliphatic heterocycles. The molecule has 1 rings (SSSR count). The van der Waals surface area contributed by atoms with Gasteiger partial charge in [0.2, 0.25) is 6.08 Å². The quantitative estimate of drug-likeness (QED) is 0.678. The standard InChI is InChI=1S/C14H18N2O4/c1-14(2,3)20-13(18)16-11-7-10(8-15-9-17)5-6-12(11)19-4/h5-7H,8H2,1-4H3,(H,16,18). The number of anilines is 1. The molecule has 108 valence electrons. The first-order chi connectivity index (χ1) is 9.35. The van der Waals surface area contributed by atoms with Crippen molar-refractivity contribution in [2.24, 2.45) is 4.99 Å². The molecule has 0 bridgehead atoms. The number of hydrogen-bond donors (Lipinski definition) is 1. The zero-order valence-corrected chi connectivity index (χ0v) is 12.0. The van der Waals surface area contributed by atoms with E-state index in [1.807, 2.05) is 0 Å². The van der Waals surface area contributed by atoms with Crippen LogP contribution in [0.5, 0.6) is 5.75 Å². The molecule has 0 radical (unpaired) electrons. The Morgan fingerprint density at radius 2 is 2.10 bits per heavy atom. The van der Waals surface area contributed by atoms with Crippen LogP contribution in [-0.4, -0.2) is 24.9 Å². The van der Waals surface area contributed by atoms with Crippen molar-refractivity contribution in [3.05, 3.63) is 23.8 Å². The lowest BCUT2D eigenvalue weighted by Gasteiger charge is -2.20. The summed E-state index contributed by atoms with van der Waals surface area (Å²) in [6.45, 7) is 5.52. The molecule has 0 aliphatic rings. The zero-order valence-electron chi connectivity index (χ0n) is 12.0. The molecule has 1 N–H and O–H groups in total. The highest BCUT2D eigenvalue weighted by Crippen LogP contribution is 2.26. The number of rotatable bonds is 4. The second-order valence-electron chi connectivity index (χ2n) is 5.07. The Hall–Kier alpha value is -2.33. The van der Waals surface area contributed by atoms with Crippen LogP contribution in [0.4, 0.5) is 10.5 Å². The van der Waals surface area contributed by atoms with Gasteiger partial charge in [0.25, 0.3) is 0 Å². The van der Waals surface area contributed by atoms with Gasteiger partial charge in [-0.3, -0.25) is 5.32 Å². The van der Waals surface area contributed by atoms with E-state index in [2.05, 4.69) is 10.3 Å². The number of nitrogens with one attached hydrogen (secondary N) is 1. The monoisotopic (exact) mass is 278 g/mol. The van der Waals surface area contributed by atoms with Crippen LogP contribution in [0.3, 0.4) is 0 Å². The Labute approximate surface area is 117 Å². The van der Waals surface area contributed by atoms with Gasteiger partial charge in [0, 0.05) is 0 Å². The van der Waals surface area contributed by atoms with Gasteiger partial charge in [0.15, 0.2) is 0 Å². The average molecular weight is 278 g/mol. The van der Waals surface area contributed by atoms with Crippen LogP contribution in [0.25, 0.3) is 0 Å². The lowest BCUT2D eigenvalue weighted by atomic mass is 10.2. The summed E-state index contributed by atoms with van der Waals surface area (Å²) < 4.78 is 10.3. The van der Waals surface area contributed by atoms with Crippen molar-refractivity contribution in [3.63, 3.8) is 0 Å². The molecule has 0 saturated carbocycles. The zero-order chi connectivity index (χ0) is 15.2. The molecular weight excluding hydrogens is 260 g/mol. The van der Waals surface area contributed by atoms with E-state index in [0.29, 0.717) is 11.4 Å². The first kappa shape index (κ1) is 15.7. The van der Waals surface area contributed by atoms with Crippen LogP contribution in [-0.2, 0) is 16.1 Å². The minimum atomic E-state index is -0.587. The maximum absolute atomic E-state index is 11.7. The lowest BCUT2D eigenvalue weighted by Crippen LogP contribution is -2.27. The first-order valence-electron chi connectivity index (χ1n) is 6.06. The molecule has 0 aromatic heterocycles. The highest BCUT2D eigenvalue weighted by molar-refractivity contribution is 5.87. The van der Waals surface area contributed by atoms with Gasteiger partial charge in [-0.05, 0) is 38.5 Å². The van der Waals surface area contributed by atoms with Crippen LogP contribution >= 0.6 is 0 Å². The Morgan fingerprint density at radius 3 is 2.65 bits per heavy atom. The average Bonchev–Trinajstić information content (AvgIpc) is 2.34. The summed E-state index contributed by atoms with van der Waals surface area (Å²) >= 11 is 0. The third kappa shape index (κ3) is 5.12. The molecule has 0 spiro atoms. The molecule has 6 heteroatoms. The second-order valence-corrected chi connectivity index (χ2v) is 5.07. The molecule has 0 fully saturated rings. The predicted molar refractivity (Wildman–Crippen MR) is 74.7 cm³/mol. The molecule has 1 aromatic rings. The fourth-order valence-corrected chi connectivity index (χ4v) is 1.49. The van der Waals surface area contributed by atoms with Gasteiger partial charge in [-0.1, -0.05) is 6.07 Å². The van der Waals surface area contributed by atoms with E-state index in [4.69, 9.17) is 9.47 Å². The molecule has 1 amide bonds. The summed E-state index contributed by atoms with van der Waals surface area (Å²) in [5.74, 6) is 0.495. The summed E-state index contributed by atoms with van der Waals surface area (Å²) in [4.78, 5) is 25.3. The van der Waals surface area contributed by atoms with Crippen molar-refractivity contribution < 1.29 is 19.1 Å². The van der Waals surface area contributed by atoms with Gasteiger partial charge in [0.05, 0.1) is 19.3 Å². The number of carbonyl (C=O) groups excluding carboxylic acids is 2. The van der Waals surface area contributed by atoms with Crippen LogP contribution < -0.4 is 10.1 Å². The second kappa shape index (κ2) is 6.73. The van der Waals surface area contributed by atoms with Crippen molar-refractivity contribution in [2.45, 2.75) is 32.9 Å². The van der Waals surface area contributed by atoms with Crippen molar-refractivity contribution in [3.8, 4) is 5.75 Å². The number of aliphatic imine (C=N–C) groups is 1. The Bertz CT molecular complexity index is 528. The van der Waals surface area contributed by atoms with E-state index in [9.17, 15) is 9.59 Å². The SMILES string of the molecule is COc1ccc(CN=C=O)cc1NC(=O)OC(C)(C)C. The number of amides is 1. The van der Waals surface area contributed by atoms with Crippen molar-refractivity contribution in [1.82, 2.24) is 0 Å². The molecule has 20 heavy (non-hydrogen) atoms. The number of ether oxygens (including phenoxy) is 2. The van der Waals surface area contributed by atoms with Gasteiger partial charge in [0.1, 0.15) is 11.4 Å². The molecule has 0 aliphatic carbocycles. The van der Waals surface area contributed by atoms with Gasteiger partial charge >= 0.3 is 6.09 Å². The molecule has 6 nitrogen and oxygen atoms in total. The molecule has 0 atom stereocenters. The summed E-state index contributed by atoms with van der Waals surface area (Å²) in [5.41, 5.74) is 0.622. The number of nitrogens with zero attached hydrogens (tertiary/aromatic N) is 1. The predicted octanol–water partition coefficient (Wildman–Crippen LogP) is 2.88. The maximum Gasteiger partial charge on any atom is 0.412 e. The van der Waals surface area contributed by atoms with Crippen LogP contribution in [0.15, 0.2) is 23.2 Å². The van der Waals surface area contributed by atoms with Crippen molar-refractivity contribution >= 4 is 17.9 Å². The van der Waals surface area contributed by atoms with Gasteiger partial charge < -0.3 is 9.47 Å². The number of hydrogen-bond acceptors (Lipinski definition) is 5. The Kier molecular flexibility index (Phi) is 5.29. The largest absolute Gasteiger partial charge is 0.495 e. The topological polar surface area (TPSA) is 77.0 Å².